The van der Waals surface area contributed by atoms with Gasteiger partial charge in [-0.05, 0) is 53.1 Å². The van der Waals surface area contributed by atoms with Crippen LogP contribution in [-0.4, -0.2) is 19.5 Å². The Hall–Kier alpha value is -7.37. The van der Waals surface area contributed by atoms with E-state index in [1.54, 1.807) is 6.07 Å². The van der Waals surface area contributed by atoms with Gasteiger partial charge < -0.3 is 4.57 Å². The minimum absolute atomic E-state index is 0.442. The van der Waals surface area contributed by atoms with Gasteiger partial charge in [0.05, 0.1) is 33.9 Å². The zero-order valence-corrected chi connectivity index (χ0v) is 29.0. The normalized spacial score (nSPS) is 11.5. The number of fused-ring (bicyclic) bond motifs is 3. The Morgan fingerprint density at radius 1 is 0.455 bits per heavy atom. The van der Waals surface area contributed by atoms with Gasteiger partial charge in [-0.3, -0.25) is 0 Å². The van der Waals surface area contributed by atoms with Crippen LogP contribution in [-0.2, 0) is 6.18 Å². The summed E-state index contributed by atoms with van der Waals surface area (Å²) >= 11 is 0. The van der Waals surface area contributed by atoms with E-state index in [4.69, 9.17) is 15.0 Å². The lowest BCUT2D eigenvalue weighted by Gasteiger charge is -2.17. The summed E-state index contributed by atoms with van der Waals surface area (Å²) in [4.78, 5) is 14.8. The Balaban J connectivity index is 1.33. The number of rotatable bonds is 6. The van der Waals surface area contributed by atoms with E-state index >= 15 is 0 Å². The smallest absolute Gasteiger partial charge is 0.309 e. The maximum atomic E-state index is 13.7. The summed E-state index contributed by atoms with van der Waals surface area (Å²) in [5.41, 5.74) is 7.65. The first-order valence-electron chi connectivity index (χ1n) is 17.6. The minimum atomic E-state index is -4.47. The molecule has 0 aliphatic carbocycles. The van der Waals surface area contributed by atoms with Crippen LogP contribution in [0.2, 0.25) is 0 Å². The van der Waals surface area contributed by atoms with Gasteiger partial charge in [-0.15, -0.1) is 0 Å². The van der Waals surface area contributed by atoms with Crippen molar-refractivity contribution in [3.05, 3.63) is 181 Å². The van der Waals surface area contributed by atoms with E-state index in [-0.39, 0.29) is 0 Å². The summed E-state index contributed by atoms with van der Waals surface area (Å²) in [6, 6.07) is 54.4. The molecule has 5 nitrogen and oxygen atoms in total. The number of benzene rings is 7. The van der Waals surface area contributed by atoms with Gasteiger partial charge in [-0.2, -0.15) is 18.4 Å². The molecule has 2 heterocycles. The topological polar surface area (TPSA) is 67.4 Å². The van der Waals surface area contributed by atoms with Crippen molar-refractivity contribution < 1.29 is 13.2 Å². The second-order valence-electron chi connectivity index (χ2n) is 13.1. The highest BCUT2D eigenvalue weighted by atomic mass is 19.4. The SMILES string of the molecule is N#Cc1ccccc1-c1ccc2c3ccccc3n(-c3cc(-c4nc(-c5ccccc5)nc(-c5ccccc5)n4)ccc3-c3ccc(C(F)(F)F)cc3)c2c1. The van der Waals surface area contributed by atoms with Crippen molar-refractivity contribution in [3.63, 3.8) is 0 Å². The number of alkyl halides is 3. The molecule has 9 rings (SSSR count). The van der Waals surface area contributed by atoms with Crippen LogP contribution in [0.5, 0.6) is 0 Å². The summed E-state index contributed by atoms with van der Waals surface area (Å²) in [6.45, 7) is 0. The summed E-state index contributed by atoms with van der Waals surface area (Å²) in [7, 11) is 0. The molecule has 0 aliphatic heterocycles. The fourth-order valence-electron chi connectivity index (χ4n) is 7.11. The zero-order valence-electron chi connectivity index (χ0n) is 29.0. The van der Waals surface area contributed by atoms with Gasteiger partial charge in [0.15, 0.2) is 17.5 Å². The van der Waals surface area contributed by atoms with Gasteiger partial charge in [0.2, 0.25) is 0 Å². The fourth-order valence-corrected chi connectivity index (χ4v) is 7.11. The van der Waals surface area contributed by atoms with E-state index in [0.717, 1.165) is 61.9 Å². The molecule has 0 spiro atoms. The first kappa shape index (κ1) is 33.5. The second-order valence-corrected chi connectivity index (χ2v) is 13.1. The first-order chi connectivity index (χ1) is 26.9. The Morgan fingerprint density at radius 2 is 1.00 bits per heavy atom. The Bertz CT molecular complexity index is 2850. The number of nitriles is 1. The first-order valence-corrected chi connectivity index (χ1v) is 17.6. The highest BCUT2D eigenvalue weighted by molar-refractivity contribution is 6.11. The van der Waals surface area contributed by atoms with E-state index in [9.17, 15) is 18.4 Å². The fraction of sp³-hybridized carbons (Fsp3) is 0.0213. The van der Waals surface area contributed by atoms with Crippen molar-refractivity contribution in [3.8, 4) is 68.2 Å². The van der Waals surface area contributed by atoms with Gasteiger partial charge in [0, 0.05) is 33.0 Å². The summed E-state index contributed by atoms with van der Waals surface area (Å²) in [5, 5.41) is 11.9. The van der Waals surface area contributed by atoms with E-state index in [1.165, 1.54) is 12.1 Å². The lowest BCUT2D eigenvalue weighted by atomic mass is 9.98. The molecule has 262 valence electrons. The van der Waals surface area contributed by atoms with Crippen molar-refractivity contribution in [2.75, 3.05) is 0 Å². The molecule has 8 heteroatoms. The molecule has 0 saturated carbocycles. The molecule has 0 bridgehead atoms. The van der Waals surface area contributed by atoms with Crippen molar-refractivity contribution in [1.82, 2.24) is 19.5 Å². The van der Waals surface area contributed by atoms with Crippen LogP contribution in [0.1, 0.15) is 11.1 Å². The quantitative estimate of drug-likeness (QED) is 0.172. The molecule has 9 aromatic rings. The Labute approximate surface area is 314 Å². The average Bonchev–Trinajstić information content (AvgIpc) is 3.57. The lowest BCUT2D eigenvalue weighted by molar-refractivity contribution is -0.137. The van der Waals surface area contributed by atoms with Crippen molar-refractivity contribution in [2.24, 2.45) is 0 Å². The molecular formula is C47H28F3N5. The van der Waals surface area contributed by atoms with Crippen LogP contribution < -0.4 is 0 Å². The average molecular weight is 720 g/mol. The largest absolute Gasteiger partial charge is 0.416 e. The minimum Gasteiger partial charge on any atom is -0.309 e. The molecule has 0 unspecified atom stereocenters. The van der Waals surface area contributed by atoms with E-state index in [0.29, 0.717) is 39.7 Å². The lowest BCUT2D eigenvalue weighted by Crippen LogP contribution is -2.04. The number of nitrogens with zero attached hydrogens (tertiary/aromatic N) is 5. The van der Waals surface area contributed by atoms with Crippen LogP contribution in [0.25, 0.3) is 83.9 Å². The van der Waals surface area contributed by atoms with Gasteiger partial charge >= 0.3 is 6.18 Å². The third-order valence-electron chi connectivity index (χ3n) is 9.75. The Kier molecular flexibility index (Phi) is 8.25. The van der Waals surface area contributed by atoms with Crippen LogP contribution in [0.15, 0.2) is 170 Å². The summed E-state index contributed by atoms with van der Waals surface area (Å²) in [6.07, 6.45) is -4.47. The second kappa shape index (κ2) is 13.6. The van der Waals surface area contributed by atoms with E-state index < -0.39 is 11.7 Å². The predicted octanol–water partition coefficient (Wildman–Crippen LogP) is 12.2. The van der Waals surface area contributed by atoms with E-state index in [2.05, 4.69) is 28.8 Å². The van der Waals surface area contributed by atoms with Crippen LogP contribution in [0, 0.1) is 11.3 Å². The van der Waals surface area contributed by atoms with Crippen LogP contribution >= 0.6 is 0 Å². The number of hydrogen-bond acceptors (Lipinski definition) is 4. The third kappa shape index (κ3) is 6.18. The molecule has 55 heavy (non-hydrogen) atoms. The molecule has 0 N–H and O–H groups in total. The molecule has 0 amide bonds. The van der Waals surface area contributed by atoms with Gasteiger partial charge in [-0.25, -0.2) is 15.0 Å². The molecule has 0 radical (unpaired) electrons. The predicted molar refractivity (Wildman–Crippen MR) is 211 cm³/mol. The Morgan fingerprint density at radius 3 is 1.65 bits per heavy atom. The highest BCUT2D eigenvalue weighted by Gasteiger charge is 2.30. The van der Waals surface area contributed by atoms with Gasteiger partial charge in [-0.1, -0.05) is 133 Å². The van der Waals surface area contributed by atoms with Crippen molar-refractivity contribution in [2.45, 2.75) is 6.18 Å². The monoisotopic (exact) mass is 719 g/mol. The zero-order chi connectivity index (χ0) is 37.5. The third-order valence-corrected chi connectivity index (χ3v) is 9.75. The number of aromatic nitrogens is 4. The molecule has 0 aliphatic rings. The highest BCUT2D eigenvalue weighted by Crippen LogP contribution is 2.41. The standard InChI is InChI=1S/C47H28F3N5/c48-47(49,50)36-23-19-30(20-24-36)38-25-22-34(46-53-44(31-11-3-1-4-12-31)52-45(54-46)32-13-5-2-6-14-32)28-42(38)55-41-18-10-9-17-39(41)40-26-21-33(27-43(40)55)37-16-8-7-15-35(37)29-51/h1-28H. The number of halogens is 3. The molecule has 0 atom stereocenters. The van der Waals surface area contributed by atoms with Gasteiger partial charge in [0.1, 0.15) is 0 Å². The van der Waals surface area contributed by atoms with Gasteiger partial charge in [0.25, 0.3) is 0 Å². The van der Waals surface area contributed by atoms with Crippen LogP contribution in [0.3, 0.4) is 0 Å². The molecule has 0 saturated heterocycles. The molecular weight excluding hydrogens is 692 g/mol. The van der Waals surface area contributed by atoms with E-state index in [1.807, 2.05) is 121 Å². The number of para-hydroxylation sites is 1. The maximum Gasteiger partial charge on any atom is 0.416 e. The molecule has 7 aromatic carbocycles. The maximum absolute atomic E-state index is 13.7. The summed E-state index contributed by atoms with van der Waals surface area (Å²) < 4.78 is 43.3. The molecule has 2 aromatic heterocycles. The van der Waals surface area contributed by atoms with Crippen molar-refractivity contribution in [1.29, 1.82) is 5.26 Å². The molecule has 0 fully saturated rings. The number of hydrogen-bond donors (Lipinski definition) is 0. The summed E-state index contributed by atoms with van der Waals surface area (Å²) in [5.74, 6) is 1.46. The van der Waals surface area contributed by atoms with Crippen molar-refractivity contribution >= 4 is 21.8 Å². The van der Waals surface area contributed by atoms with Crippen LogP contribution in [0.4, 0.5) is 13.2 Å².